The zero-order valence-corrected chi connectivity index (χ0v) is 12.8. The Morgan fingerprint density at radius 1 is 1.16 bits per heavy atom. The number of aromatic nitrogens is 3. The Labute approximate surface area is 119 Å². The Hall–Kier alpha value is -1.35. The average molecular weight is 278 g/mol. The Morgan fingerprint density at radius 2 is 1.89 bits per heavy atom. The summed E-state index contributed by atoms with van der Waals surface area (Å²) in [6.07, 6.45) is 1.87. The first-order chi connectivity index (χ1) is 9.10. The number of pyridine rings is 1. The fourth-order valence-corrected chi connectivity index (χ4v) is 2.60. The molecular formula is C15H20ClN3. The van der Waals surface area contributed by atoms with E-state index in [0.29, 0.717) is 5.88 Å². The molecule has 102 valence electrons. The second-order valence-corrected chi connectivity index (χ2v) is 5.03. The molecule has 0 aliphatic rings. The summed E-state index contributed by atoms with van der Waals surface area (Å²) in [7, 11) is 0. The normalized spacial score (nSPS) is 11.0. The molecule has 0 unspecified atom stereocenters. The van der Waals surface area contributed by atoms with Crippen molar-refractivity contribution in [3.8, 4) is 5.82 Å². The van der Waals surface area contributed by atoms with Gasteiger partial charge in [0.1, 0.15) is 0 Å². The van der Waals surface area contributed by atoms with Crippen LogP contribution in [0.4, 0.5) is 0 Å². The summed E-state index contributed by atoms with van der Waals surface area (Å²) in [6.45, 7) is 8.33. The van der Waals surface area contributed by atoms with Crippen molar-refractivity contribution >= 4 is 11.6 Å². The van der Waals surface area contributed by atoms with E-state index >= 15 is 0 Å². The highest BCUT2D eigenvalue weighted by Gasteiger charge is 2.14. The van der Waals surface area contributed by atoms with Gasteiger partial charge >= 0.3 is 0 Å². The van der Waals surface area contributed by atoms with Gasteiger partial charge in [0.05, 0.1) is 11.6 Å². The van der Waals surface area contributed by atoms with Gasteiger partial charge in [-0.2, -0.15) is 5.10 Å². The number of aryl methyl sites for hydroxylation is 4. The highest BCUT2D eigenvalue weighted by atomic mass is 35.5. The summed E-state index contributed by atoms with van der Waals surface area (Å²) in [6, 6.07) is 4.22. The van der Waals surface area contributed by atoms with Crippen LogP contribution >= 0.6 is 11.6 Å². The van der Waals surface area contributed by atoms with E-state index in [0.717, 1.165) is 35.6 Å². The van der Waals surface area contributed by atoms with Crippen LogP contribution < -0.4 is 0 Å². The molecule has 0 aromatic carbocycles. The van der Waals surface area contributed by atoms with Gasteiger partial charge in [-0.1, -0.05) is 13.8 Å². The molecule has 0 aliphatic heterocycles. The largest absolute Gasteiger partial charge is 0.234 e. The topological polar surface area (TPSA) is 30.7 Å². The van der Waals surface area contributed by atoms with E-state index in [1.807, 2.05) is 11.6 Å². The Bertz CT molecular complexity index is 587. The highest BCUT2D eigenvalue weighted by Crippen LogP contribution is 2.22. The number of halogens is 1. The summed E-state index contributed by atoms with van der Waals surface area (Å²) in [5, 5.41) is 4.66. The van der Waals surface area contributed by atoms with Gasteiger partial charge in [0.15, 0.2) is 5.82 Å². The van der Waals surface area contributed by atoms with E-state index in [1.54, 1.807) is 0 Å². The van der Waals surface area contributed by atoms with Crippen molar-refractivity contribution in [3.63, 3.8) is 0 Å². The summed E-state index contributed by atoms with van der Waals surface area (Å²) in [4.78, 5) is 4.65. The van der Waals surface area contributed by atoms with Gasteiger partial charge < -0.3 is 0 Å². The zero-order valence-electron chi connectivity index (χ0n) is 12.0. The van der Waals surface area contributed by atoms with Gasteiger partial charge in [0, 0.05) is 17.0 Å². The third kappa shape index (κ3) is 2.66. The van der Waals surface area contributed by atoms with Crippen LogP contribution in [0.2, 0.25) is 0 Å². The van der Waals surface area contributed by atoms with Crippen molar-refractivity contribution in [2.24, 2.45) is 0 Å². The standard InChI is InChI=1S/C15H20ClN3/c1-5-12-8-13(6-2)19(18-12)15-14(9-16)10(3)7-11(4)17-15/h7-8H,5-6,9H2,1-4H3. The van der Waals surface area contributed by atoms with Gasteiger partial charge in [0.2, 0.25) is 0 Å². The van der Waals surface area contributed by atoms with E-state index in [9.17, 15) is 0 Å². The Balaban J connectivity index is 2.66. The Kier molecular flexibility index (Phi) is 4.25. The van der Waals surface area contributed by atoms with E-state index in [4.69, 9.17) is 11.6 Å². The lowest BCUT2D eigenvalue weighted by molar-refractivity contribution is 0.760. The van der Waals surface area contributed by atoms with Gasteiger partial charge in [-0.15, -0.1) is 11.6 Å². The van der Waals surface area contributed by atoms with Crippen molar-refractivity contribution in [1.29, 1.82) is 0 Å². The van der Waals surface area contributed by atoms with Crippen LogP contribution in [0.3, 0.4) is 0 Å². The molecule has 4 heteroatoms. The van der Waals surface area contributed by atoms with E-state index in [-0.39, 0.29) is 0 Å². The third-order valence-corrected chi connectivity index (χ3v) is 3.61. The van der Waals surface area contributed by atoms with Crippen LogP contribution in [0.5, 0.6) is 0 Å². The van der Waals surface area contributed by atoms with Crippen molar-refractivity contribution < 1.29 is 0 Å². The maximum Gasteiger partial charge on any atom is 0.158 e. The van der Waals surface area contributed by atoms with Gasteiger partial charge in [0.25, 0.3) is 0 Å². The number of hydrogen-bond acceptors (Lipinski definition) is 2. The molecule has 0 atom stereocenters. The number of rotatable bonds is 4. The molecule has 2 rings (SSSR count). The predicted molar refractivity (Wildman–Crippen MR) is 79.1 cm³/mol. The van der Waals surface area contributed by atoms with E-state index < -0.39 is 0 Å². The predicted octanol–water partition coefficient (Wildman–Crippen LogP) is 3.75. The molecule has 2 aromatic heterocycles. The molecule has 19 heavy (non-hydrogen) atoms. The van der Waals surface area contributed by atoms with Crippen molar-refractivity contribution in [1.82, 2.24) is 14.8 Å². The maximum atomic E-state index is 6.09. The van der Waals surface area contributed by atoms with Crippen molar-refractivity contribution in [2.75, 3.05) is 0 Å². The summed E-state index contributed by atoms with van der Waals surface area (Å²) in [5.74, 6) is 1.34. The molecule has 0 aliphatic carbocycles. The van der Waals surface area contributed by atoms with Crippen LogP contribution in [0.1, 0.15) is 42.1 Å². The number of hydrogen-bond donors (Lipinski definition) is 0. The van der Waals surface area contributed by atoms with Crippen LogP contribution in [-0.2, 0) is 18.7 Å². The first kappa shape index (κ1) is 14.1. The van der Waals surface area contributed by atoms with Crippen molar-refractivity contribution in [3.05, 3.63) is 40.3 Å². The van der Waals surface area contributed by atoms with Crippen molar-refractivity contribution in [2.45, 2.75) is 46.4 Å². The summed E-state index contributed by atoms with van der Waals surface area (Å²) >= 11 is 6.09. The molecule has 0 N–H and O–H groups in total. The zero-order chi connectivity index (χ0) is 14.0. The molecule has 0 amide bonds. The molecule has 0 radical (unpaired) electrons. The second-order valence-electron chi connectivity index (χ2n) is 4.76. The molecule has 0 saturated heterocycles. The first-order valence-electron chi connectivity index (χ1n) is 6.71. The molecule has 0 fully saturated rings. The van der Waals surface area contributed by atoms with Crippen LogP contribution in [0.15, 0.2) is 12.1 Å². The number of alkyl halides is 1. The SMILES string of the molecule is CCc1cc(CC)n(-c2nc(C)cc(C)c2CCl)n1. The fraction of sp³-hybridized carbons (Fsp3) is 0.467. The minimum atomic E-state index is 0.457. The highest BCUT2D eigenvalue weighted by molar-refractivity contribution is 6.17. The quantitative estimate of drug-likeness (QED) is 0.797. The minimum Gasteiger partial charge on any atom is -0.234 e. The average Bonchev–Trinajstić information content (AvgIpc) is 2.81. The van der Waals surface area contributed by atoms with E-state index in [2.05, 4.69) is 43.0 Å². The van der Waals surface area contributed by atoms with Crippen LogP contribution in [0, 0.1) is 13.8 Å². The second kappa shape index (κ2) is 5.74. The molecule has 3 nitrogen and oxygen atoms in total. The molecule has 2 heterocycles. The Morgan fingerprint density at radius 3 is 2.47 bits per heavy atom. The fourth-order valence-electron chi connectivity index (χ4n) is 2.27. The molecule has 0 saturated carbocycles. The van der Waals surface area contributed by atoms with Crippen LogP contribution in [0.25, 0.3) is 5.82 Å². The van der Waals surface area contributed by atoms with Crippen LogP contribution in [-0.4, -0.2) is 14.8 Å². The molecule has 2 aromatic rings. The summed E-state index contributed by atoms with van der Waals surface area (Å²) in [5.41, 5.74) is 5.51. The summed E-state index contributed by atoms with van der Waals surface area (Å²) < 4.78 is 1.95. The maximum absolute atomic E-state index is 6.09. The third-order valence-electron chi connectivity index (χ3n) is 3.35. The molecular weight excluding hydrogens is 258 g/mol. The minimum absolute atomic E-state index is 0.457. The first-order valence-corrected chi connectivity index (χ1v) is 7.25. The van der Waals surface area contributed by atoms with Gasteiger partial charge in [-0.3, -0.25) is 0 Å². The van der Waals surface area contributed by atoms with Gasteiger partial charge in [-0.05, 0) is 44.4 Å². The lowest BCUT2D eigenvalue weighted by atomic mass is 10.1. The molecule has 0 spiro atoms. The lowest BCUT2D eigenvalue weighted by Crippen LogP contribution is -2.09. The molecule has 0 bridgehead atoms. The van der Waals surface area contributed by atoms with E-state index in [1.165, 1.54) is 11.3 Å². The smallest absolute Gasteiger partial charge is 0.158 e. The lowest BCUT2D eigenvalue weighted by Gasteiger charge is -2.13. The van der Waals surface area contributed by atoms with Gasteiger partial charge in [-0.25, -0.2) is 9.67 Å². The number of nitrogens with zero attached hydrogens (tertiary/aromatic N) is 3. The monoisotopic (exact) mass is 277 g/mol.